The molecule has 2 aromatic rings. The molecule has 0 radical (unpaired) electrons. The van der Waals surface area contributed by atoms with Crippen LogP contribution in [0.15, 0.2) is 30.5 Å². The third kappa shape index (κ3) is 4.57. The number of aldehydes is 1. The molecule has 8 heteroatoms. The van der Waals surface area contributed by atoms with Crippen molar-refractivity contribution in [1.82, 2.24) is 9.97 Å². The molecule has 8 nitrogen and oxygen atoms in total. The van der Waals surface area contributed by atoms with E-state index in [9.17, 15) is 4.79 Å². The zero-order chi connectivity index (χ0) is 18.4. The van der Waals surface area contributed by atoms with Crippen molar-refractivity contribution in [3.05, 3.63) is 30.5 Å². The Kier molecular flexibility index (Phi) is 6.13. The average molecular weight is 345 g/mol. The van der Waals surface area contributed by atoms with Crippen LogP contribution in [0, 0.1) is 5.92 Å². The topological polar surface area (TPSA) is 103 Å². The maximum atomic E-state index is 11.3. The molecular weight excluding hydrogens is 322 g/mol. The summed E-state index contributed by atoms with van der Waals surface area (Å²) in [4.78, 5) is 19.8. The van der Waals surface area contributed by atoms with Crippen molar-refractivity contribution in [2.75, 3.05) is 24.5 Å². The van der Waals surface area contributed by atoms with Crippen LogP contribution in [0.2, 0.25) is 0 Å². The van der Waals surface area contributed by atoms with Crippen molar-refractivity contribution in [2.45, 2.75) is 19.9 Å². The Morgan fingerprint density at radius 3 is 2.36 bits per heavy atom. The van der Waals surface area contributed by atoms with E-state index in [1.807, 2.05) is 26.0 Å². The van der Waals surface area contributed by atoms with Gasteiger partial charge < -0.3 is 19.6 Å². The number of ether oxygens (including phenoxy) is 2. The first-order valence-corrected chi connectivity index (χ1v) is 7.80. The van der Waals surface area contributed by atoms with Crippen molar-refractivity contribution >= 4 is 23.7 Å². The second kappa shape index (κ2) is 8.29. The van der Waals surface area contributed by atoms with E-state index in [1.54, 1.807) is 32.5 Å². The SMILES string of the molecule is COc1cc(Nc2ccnc(N(N)[C@@H](C=O)C(C)C)n2)cc(OC)c1. The summed E-state index contributed by atoms with van der Waals surface area (Å²) in [5.74, 6) is 8.13. The number of hydrogen-bond donors (Lipinski definition) is 2. The molecule has 0 fully saturated rings. The lowest BCUT2D eigenvalue weighted by molar-refractivity contribution is -0.109. The number of hydrogen-bond acceptors (Lipinski definition) is 8. The number of nitrogens with one attached hydrogen (secondary N) is 1. The Labute approximate surface area is 146 Å². The van der Waals surface area contributed by atoms with E-state index in [2.05, 4.69) is 15.3 Å². The van der Waals surface area contributed by atoms with Crippen LogP contribution < -0.4 is 25.6 Å². The Morgan fingerprint density at radius 1 is 1.20 bits per heavy atom. The molecule has 0 amide bonds. The van der Waals surface area contributed by atoms with Gasteiger partial charge >= 0.3 is 0 Å². The van der Waals surface area contributed by atoms with Gasteiger partial charge in [0.1, 0.15) is 29.6 Å². The first kappa shape index (κ1) is 18.5. The summed E-state index contributed by atoms with van der Waals surface area (Å²) in [6.07, 6.45) is 2.37. The molecule has 1 atom stereocenters. The van der Waals surface area contributed by atoms with Gasteiger partial charge in [-0.2, -0.15) is 4.98 Å². The van der Waals surface area contributed by atoms with Crippen LogP contribution in [-0.4, -0.2) is 36.5 Å². The molecule has 0 aliphatic rings. The van der Waals surface area contributed by atoms with Crippen LogP contribution in [-0.2, 0) is 4.79 Å². The molecular formula is C17H23N5O3. The van der Waals surface area contributed by atoms with Gasteiger partial charge in [0.15, 0.2) is 0 Å². The monoisotopic (exact) mass is 345 g/mol. The Hall–Kier alpha value is -2.87. The van der Waals surface area contributed by atoms with E-state index in [0.717, 1.165) is 12.0 Å². The summed E-state index contributed by atoms with van der Waals surface area (Å²) in [5.41, 5.74) is 0.736. The summed E-state index contributed by atoms with van der Waals surface area (Å²) >= 11 is 0. The highest BCUT2D eigenvalue weighted by Crippen LogP contribution is 2.27. The molecule has 0 spiro atoms. The Bertz CT molecular complexity index is 701. The van der Waals surface area contributed by atoms with Crippen LogP contribution in [0.5, 0.6) is 11.5 Å². The van der Waals surface area contributed by atoms with Crippen LogP contribution in [0.1, 0.15) is 13.8 Å². The number of methoxy groups -OCH3 is 2. The molecule has 0 unspecified atom stereocenters. The molecule has 2 rings (SSSR count). The summed E-state index contributed by atoms with van der Waals surface area (Å²) in [6.45, 7) is 3.81. The number of aromatic nitrogens is 2. The van der Waals surface area contributed by atoms with Crippen LogP contribution >= 0.6 is 0 Å². The van der Waals surface area contributed by atoms with Gasteiger partial charge in [-0.25, -0.2) is 10.8 Å². The summed E-state index contributed by atoms with van der Waals surface area (Å²) in [7, 11) is 3.16. The highest BCUT2D eigenvalue weighted by Gasteiger charge is 2.21. The molecule has 0 aliphatic carbocycles. The second-order valence-corrected chi connectivity index (χ2v) is 5.75. The number of carbonyl (C=O) groups is 1. The molecule has 0 saturated carbocycles. The predicted molar refractivity (Wildman–Crippen MR) is 96.2 cm³/mol. The van der Waals surface area contributed by atoms with Gasteiger partial charge in [0.05, 0.1) is 14.2 Å². The van der Waals surface area contributed by atoms with Crippen molar-refractivity contribution in [1.29, 1.82) is 0 Å². The molecule has 1 heterocycles. The van der Waals surface area contributed by atoms with Crippen molar-refractivity contribution in [3.8, 4) is 11.5 Å². The van der Waals surface area contributed by atoms with Crippen LogP contribution in [0.25, 0.3) is 0 Å². The highest BCUT2D eigenvalue weighted by molar-refractivity contribution is 5.65. The first-order valence-electron chi connectivity index (χ1n) is 7.80. The number of nitrogens with zero attached hydrogens (tertiary/aromatic N) is 3. The van der Waals surface area contributed by atoms with E-state index in [4.69, 9.17) is 15.3 Å². The van der Waals surface area contributed by atoms with E-state index in [1.165, 1.54) is 5.01 Å². The number of carbonyl (C=O) groups excluding carboxylic acids is 1. The number of nitrogens with two attached hydrogens (primary N) is 1. The third-order valence-electron chi connectivity index (χ3n) is 3.64. The van der Waals surface area contributed by atoms with Gasteiger partial charge in [0.25, 0.3) is 0 Å². The molecule has 3 N–H and O–H groups in total. The standard InChI is InChI=1S/C17H23N5O3/c1-11(2)15(10-23)22(18)17-19-6-5-16(21-17)20-12-7-13(24-3)9-14(8-12)25-4/h5-11,15H,18H2,1-4H3,(H,19,20,21)/t15-/m0/s1. The van der Waals surface area contributed by atoms with Crippen LogP contribution in [0.3, 0.4) is 0 Å². The van der Waals surface area contributed by atoms with E-state index in [0.29, 0.717) is 17.3 Å². The Morgan fingerprint density at radius 2 is 1.84 bits per heavy atom. The fourth-order valence-electron chi connectivity index (χ4n) is 2.25. The lowest BCUT2D eigenvalue weighted by Crippen LogP contribution is -2.46. The number of hydrazine groups is 1. The molecule has 25 heavy (non-hydrogen) atoms. The quantitative estimate of drug-likeness (QED) is 0.426. The smallest absolute Gasteiger partial charge is 0.242 e. The van der Waals surface area contributed by atoms with Gasteiger partial charge in [-0.1, -0.05) is 13.8 Å². The fourth-order valence-corrected chi connectivity index (χ4v) is 2.25. The zero-order valence-corrected chi connectivity index (χ0v) is 14.8. The first-order chi connectivity index (χ1) is 12.0. The fraction of sp³-hybridized carbons (Fsp3) is 0.353. The zero-order valence-electron chi connectivity index (χ0n) is 14.8. The van der Waals surface area contributed by atoms with E-state index in [-0.39, 0.29) is 11.9 Å². The molecule has 0 saturated heterocycles. The van der Waals surface area contributed by atoms with Gasteiger partial charge in [-0.3, -0.25) is 5.01 Å². The van der Waals surface area contributed by atoms with Crippen molar-refractivity contribution < 1.29 is 14.3 Å². The summed E-state index contributed by atoms with van der Waals surface area (Å²) < 4.78 is 10.5. The van der Waals surface area contributed by atoms with Gasteiger partial charge in [0, 0.05) is 30.1 Å². The third-order valence-corrected chi connectivity index (χ3v) is 3.64. The molecule has 0 bridgehead atoms. The summed E-state index contributed by atoms with van der Waals surface area (Å²) in [5, 5.41) is 4.43. The summed E-state index contributed by atoms with van der Waals surface area (Å²) in [6, 6.07) is 6.59. The van der Waals surface area contributed by atoms with Gasteiger partial charge in [-0.15, -0.1) is 0 Å². The number of rotatable bonds is 8. The van der Waals surface area contributed by atoms with E-state index < -0.39 is 6.04 Å². The minimum atomic E-state index is -0.507. The van der Waals surface area contributed by atoms with Crippen molar-refractivity contribution in [2.24, 2.45) is 11.8 Å². The molecule has 1 aromatic heterocycles. The van der Waals surface area contributed by atoms with Crippen molar-refractivity contribution in [3.63, 3.8) is 0 Å². The van der Waals surface area contributed by atoms with Crippen LogP contribution in [0.4, 0.5) is 17.5 Å². The maximum Gasteiger partial charge on any atom is 0.242 e. The Balaban J connectivity index is 2.26. The largest absolute Gasteiger partial charge is 0.497 e. The second-order valence-electron chi connectivity index (χ2n) is 5.75. The molecule has 134 valence electrons. The van der Waals surface area contributed by atoms with Gasteiger partial charge in [-0.05, 0) is 12.0 Å². The average Bonchev–Trinajstić information content (AvgIpc) is 2.61. The highest BCUT2D eigenvalue weighted by atomic mass is 16.5. The molecule has 1 aromatic carbocycles. The van der Waals surface area contributed by atoms with Gasteiger partial charge in [0.2, 0.25) is 5.95 Å². The normalized spacial score (nSPS) is 11.8. The minimum Gasteiger partial charge on any atom is -0.497 e. The predicted octanol–water partition coefficient (Wildman–Crippen LogP) is 2.14. The number of benzene rings is 1. The van der Waals surface area contributed by atoms with E-state index >= 15 is 0 Å². The minimum absolute atomic E-state index is 0.0327. The molecule has 0 aliphatic heterocycles. The lowest BCUT2D eigenvalue weighted by atomic mass is 10.1. The number of anilines is 3. The lowest BCUT2D eigenvalue weighted by Gasteiger charge is -2.25. The maximum absolute atomic E-state index is 11.3.